The smallest absolute Gasteiger partial charge is 0.0615 e. The average molecular weight is 187 g/mol. The fourth-order valence-corrected chi connectivity index (χ4v) is 2.21. The Balaban J connectivity index is 2.48. The van der Waals surface area contributed by atoms with Crippen LogP contribution in [0.1, 0.15) is 20.3 Å². The van der Waals surface area contributed by atoms with Gasteiger partial charge in [-0.05, 0) is 25.8 Å². The second-order valence-electron chi connectivity index (χ2n) is 4.06. The highest BCUT2D eigenvalue weighted by molar-refractivity contribution is 4.87. The van der Waals surface area contributed by atoms with E-state index in [0.29, 0.717) is 18.0 Å². The van der Waals surface area contributed by atoms with Gasteiger partial charge in [0.1, 0.15) is 0 Å². The SMILES string of the molecule is COCC(C)N1CCC(C)C1CO. The molecule has 3 atom stereocenters. The summed E-state index contributed by atoms with van der Waals surface area (Å²) < 4.78 is 5.12. The number of nitrogens with zero attached hydrogens (tertiary/aromatic N) is 1. The first-order valence-electron chi connectivity index (χ1n) is 5.06. The molecular weight excluding hydrogens is 166 g/mol. The van der Waals surface area contributed by atoms with Gasteiger partial charge < -0.3 is 9.84 Å². The van der Waals surface area contributed by atoms with E-state index in [-0.39, 0.29) is 6.61 Å². The van der Waals surface area contributed by atoms with Crippen molar-refractivity contribution in [2.45, 2.75) is 32.4 Å². The molecule has 1 heterocycles. The molecule has 0 radical (unpaired) electrons. The quantitative estimate of drug-likeness (QED) is 0.704. The van der Waals surface area contributed by atoms with Crippen molar-refractivity contribution in [1.29, 1.82) is 0 Å². The van der Waals surface area contributed by atoms with E-state index in [2.05, 4.69) is 18.7 Å². The number of ether oxygens (including phenoxy) is 1. The molecule has 3 heteroatoms. The molecule has 13 heavy (non-hydrogen) atoms. The predicted octanol–water partition coefficient (Wildman–Crippen LogP) is 0.724. The zero-order valence-electron chi connectivity index (χ0n) is 8.86. The highest BCUT2D eigenvalue weighted by Crippen LogP contribution is 2.25. The highest BCUT2D eigenvalue weighted by atomic mass is 16.5. The van der Waals surface area contributed by atoms with Crippen molar-refractivity contribution in [2.75, 3.05) is 26.9 Å². The van der Waals surface area contributed by atoms with E-state index in [0.717, 1.165) is 13.2 Å². The lowest BCUT2D eigenvalue weighted by molar-refractivity contribution is 0.0608. The van der Waals surface area contributed by atoms with Gasteiger partial charge in [-0.15, -0.1) is 0 Å². The van der Waals surface area contributed by atoms with Crippen LogP contribution in [0.5, 0.6) is 0 Å². The van der Waals surface area contributed by atoms with E-state index in [4.69, 9.17) is 4.74 Å². The number of likely N-dealkylation sites (tertiary alicyclic amines) is 1. The zero-order valence-corrected chi connectivity index (χ0v) is 8.86. The van der Waals surface area contributed by atoms with Gasteiger partial charge in [0.05, 0.1) is 13.2 Å². The summed E-state index contributed by atoms with van der Waals surface area (Å²) in [4.78, 5) is 2.36. The van der Waals surface area contributed by atoms with Crippen LogP contribution < -0.4 is 0 Å². The molecule has 0 aromatic heterocycles. The summed E-state index contributed by atoms with van der Waals surface area (Å²) in [5, 5.41) is 9.24. The number of hydrogen-bond acceptors (Lipinski definition) is 3. The van der Waals surface area contributed by atoms with Gasteiger partial charge in [-0.1, -0.05) is 6.92 Å². The van der Waals surface area contributed by atoms with Gasteiger partial charge in [0.25, 0.3) is 0 Å². The van der Waals surface area contributed by atoms with Crippen LogP contribution in [0, 0.1) is 5.92 Å². The fourth-order valence-electron chi connectivity index (χ4n) is 2.21. The minimum Gasteiger partial charge on any atom is -0.395 e. The third kappa shape index (κ3) is 2.42. The second kappa shape index (κ2) is 4.94. The molecule has 0 aromatic rings. The molecule has 3 unspecified atom stereocenters. The maximum absolute atomic E-state index is 9.24. The maximum atomic E-state index is 9.24. The monoisotopic (exact) mass is 187 g/mol. The summed E-state index contributed by atoms with van der Waals surface area (Å²) in [6.45, 7) is 6.49. The van der Waals surface area contributed by atoms with Gasteiger partial charge in [0, 0.05) is 19.2 Å². The first-order valence-corrected chi connectivity index (χ1v) is 5.06. The number of aliphatic hydroxyl groups is 1. The molecule has 0 amide bonds. The summed E-state index contributed by atoms with van der Waals surface area (Å²) in [7, 11) is 1.73. The first kappa shape index (κ1) is 11.0. The minimum atomic E-state index is 0.273. The molecule has 0 aromatic carbocycles. The Morgan fingerprint density at radius 3 is 2.85 bits per heavy atom. The van der Waals surface area contributed by atoms with Crippen molar-refractivity contribution >= 4 is 0 Å². The second-order valence-corrected chi connectivity index (χ2v) is 4.06. The van der Waals surface area contributed by atoms with Gasteiger partial charge >= 0.3 is 0 Å². The number of methoxy groups -OCH3 is 1. The van der Waals surface area contributed by atoms with Gasteiger partial charge in [-0.25, -0.2) is 0 Å². The molecule has 0 spiro atoms. The third-order valence-corrected chi connectivity index (χ3v) is 3.09. The lowest BCUT2D eigenvalue weighted by atomic mass is 10.0. The van der Waals surface area contributed by atoms with Crippen LogP contribution in [-0.4, -0.2) is 49.0 Å². The van der Waals surface area contributed by atoms with Crippen LogP contribution in [0.15, 0.2) is 0 Å². The number of hydrogen-bond donors (Lipinski definition) is 1. The summed E-state index contributed by atoms with van der Waals surface area (Å²) in [5.41, 5.74) is 0. The Labute approximate surface area is 80.7 Å². The molecule has 1 rings (SSSR count). The summed E-state index contributed by atoms with van der Waals surface area (Å²) >= 11 is 0. The molecule has 1 aliphatic rings. The van der Waals surface area contributed by atoms with Crippen LogP contribution in [0.4, 0.5) is 0 Å². The standard InChI is InChI=1S/C10H21NO2/c1-8-4-5-11(10(8)6-12)9(2)7-13-3/h8-10,12H,4-7H2,1-3H3. The van der Waals surface area contributed by atoms with E-state index >= 15 is 0 Å². The van der Waals surface area contributed by atoms with Crippen LogP contribution in [-0.2, 0) is 4.74 Å². The van der Waals surface area contributed by atoms with E-state index in [9.17, 15) is 5.11 Å². The van der Waals surface area contributed by atoms with Crippen LogP contribution >= 0.6 is 0 Å². The predicted molar refractivity (Wildman–Crippen MR) is 52.7 cm³/mol. The molecule has 0 bridgehead atoms. The van der Waals surface area contributed by atoms with Gasteiger partial charge in [-0.3, -0.25) is 4.90 Å². The molecule has 0 saturated carbocycles. The lowest BCUT2D eigenvalue weighted by Gasteiger charge is -2.30. The Morgan fingerprint density at radius 1 is 1.62 bits per heavy atom. The summed E-state index contributed by atoms with van der Waals surface area (Å²) in [5.74, 6) is 0.615. The van der Waals surface area contributed by atoms with Crippen LogP contribution in [0.3, 0.4) is 0 Å². The van der Waals surface area contributed by atoms with Crippen molar-refractivity contribution in [2.24, 2.45) is 5.92 Å². The summed E-state index contributed by atoms with van der Waals surface area (Å²) in [6, 6.07) is 0.761. The van der Waals surface area contributed by atoms with Gasteiger partial charge in [-0.2, -0.15) is 0 Å². The molecular formula is C10H21NO2. The minimum absolute atomic E-state index is 0.273. The van der Waals surface area contributed by atoms with Crippen molar-refractivity contribution in [1.82, 2.24) is 4.90 Å². The Hall–Kier alpha value is -0.120. The zero-order chi connectivity index (χ0) is 9.84. The molecule has 3 nitrogen and oxygen atoms in total. The fraction of sp³-hybridized carbons (Fsp3) is 1.00. The van der Waals surface area contributed by atoms with Crippen LogP contribution in [0.2, 0.25) is 0 Å². The van der Waals surface area contributed by atoms with Crippen molar-refractivity contribution in [3.05, 3.63) is 0 Å². The molecule has 1 saturated heterocycles. The van der Waals surface area contributed by atoms with Gasteiger partial charge in [0.15, 0.2) is 0 Å². The molecule has 78 valence electrons. The Morgan fingerprint density at radius 2 is 2.31 bits per heavy atom. The average Bonchev–Trinajstić information content (AvgIpc) is 2.47. The maximum Gasteiger partial charge on any atom is 0.0615 e. The van der Waals surface area contributed by atoms with Crippen LogP contribution in [0.25, 0.3) is 0 Å². The Kier molecular flexibility index (Phi) is 4.16. The van der Waals surface area contributed by atoms with Gasteiger partial charge in [0.2, 0.25) is 0 Å². The van der Waals surface area contributed by atoms with E-state index < -0.39 is 0 Å². The Bertz CT molecular complexity index is 152. The topological polar surface area (TPSA) is 32.7 Å². The highest BCUT2D eigenvalue weighted by Gasteiger charge is 2.33. The van der Waals surface area contributed by atoms with Crippen molar-refractivity contribution in [3.8, 4) is 0 Å². The third-order valence-electron chi connectivity index (χ3n) is 3.09. The molecule has 1 aliphatic heterocycles. The lowest BCUT2D eigenvalue weighted by Crippen LogP contribution is -2.43. The molecule has 1 N–H and O–H groups in total. The van der Waals surface area contributed by atoms with E-state index in [1.54, 1.807) is 7.11 Å². The first-order chi connectivity index (χ1) is 6.20. The molecule has 0 aliphatic carbocycles. The summed E-state index contributed by atoms with van der Waals surface area (Å²) in [6.07, 6.45) is 1.19. The van der Waals surface area contributed by atoms with Crippen molar-refractivity contribution in [3.63, 3.8) is 0 Å². The number of aliphatic hydroxyl groups excluding tert-OH is 1. The van der Waals surface area contributed by atoms with Crippen molar-refractivity contribution < 1.29 is 9.84 Å². The normalized spacial score (nSPS) is 32.3. The number of rotatable bonds is 4. The van der Waals surface area contributed by atoms with E-state index in [1.165, 1.54) is 6.42 Å². The largest absolute Gasteiger partial charge is 0.395 e. The molecule has 1 fully saturated rings. The van der Waals surface area contributed by atoms with E-state index in [1.807, 2.05) is 0 Å².